The molecule has 0 atom stereocenters. The van der Waals surface area contributed by atoms with Gasteiger partial charge in [-0.15, -0.1) is 11.3 Å². The molecule has 1 aromatic carbocycles. The van der Waals surface area contributed by atoms with Crippen LogP contribution in [0.3, 0.4) is 0 Å². The summed E-state index contributed by atoms with van der Waals surface area (Å²) in [4.78, 5) is 26.4. The van der Waals surface area contributed by atoms with Crippen LogP contribution in [0, 0.1) is 0 Å². The van der Waals surface area contributed by atoms with Crippen LogP contribution in [-0.2, 0) is 6.54 Å². The highest BCUT2D eigenvalue weighted by Gasteiger charge is 2.15. The van der Waals surface area contributed by atoms with E-state index in [2.05, 4.69) is 29.3 Å². The van der Waals surface area contributed by atoms with Gasteiger partial charge in [0, 0.05) is 19.0 Å². The molecule has 142 valence electrons. The van der Waals surface area contributed by atoms with Crippen LogP contribution in [0.1, 0.15) is 21.9 Å². The number of rotatable bonds is 8. The average molecular weight is 384 g/mol. The van der Waals surface area contributed by atoms with E-state index in [1.807, 2.05) is 41.8 Å². The van der Waals surface area contributed by atoms with Crippen LogP contribution >= 0.6 is 11.3 Å². The van der Waals surface area contributed by atoms with Gasteiger partial charge in [-0.05, 0) is 50.6 Å². The molecule has 3 rings (SSSR count). The summed E-state index contributed by atoms with van der Waals surface area (Å²) in [6, 6.07) is 11.7. The number of nitrogens with one attached hydrogen (secondary N) is 1. The van der Waals surface area contributed by atoms with Gasteiger partial charge >= 0.3 is 0 Å². The maximum absolute atomic E-state index is 12.5. The molecule has 1 amide bonds. The van der Waals surface area contributed by atoms with Crippen LogP contribution < -0.4 is 5.32 Å². The number of aromatic nitrogens is 2. The number of benzene rings is 1. The largest absolute Gasteiger partial charge is 0.369 e. The lowest BCUT2D eigenvalue weighted by Gasteiger charge is -2.17. The molecule has 7 heteroatoms. The Morgan fingerprint density at radius 1 is 1.11 bits per heavy atom. The maximum Gasteiger partial charge on any atom is 0.264 e. The van der Waals surface area contributed by atoms with Crippen LogP contribution in [0.15, 0.2) is 41.8 Å². The maximum atomic E-state index is 12.5. The Hall–Kier alpha value is -2.51. The van der Waals surface area contributed by atoms with Crippen molar-refractivity contribution in [1.82, 2.24) is 19.8 Å². The van der Waals surface area contributed by atoms with E-state index in [9.17, 15) is 4.79 Å². The summed E-state index contributed by atoms with van der Waals surface area (Å²) in [5.74, 6) is 1.45. The fraction of sp³-hybridized carbons (Fsp3) is 0.350. The van der Waals surface area contributed by atoms with Crippen LogP contribution in [0.5, 0.6) is 0 Å². The first-order valence-electron chi connectivity index (χ1n) is 8.98. The first-order valence-corrected chi connectivity index (χ1v) is 9.86. The van der Waals surface area contributed by atoms with Crippen molar-refractivity contribution in [1.29, 1.82) is 0 Å². The number of thiophene rings is 1. The molecular formula is C20H25N5OS. The second-order valence-electron chi connectivity index (χ2n) is 6.73. The second-order valence-corrected chi connectivity index (χ2v) is 7.68. The number of para-hydroxylation sites is 1. The number of hydrogen-bond acceptors (Lipinski definition) is 6. The Labute approximate surface area is 163 Å². The zero-order chi connectivity index (χ0) is 19.2. The van der Waals surface area contributed by atoms with E-state index in [1.54, 1.807) is 11.9 Å². The normalized spacial score (nSPS) is 11.1. The van der Waals surface area contributed by atoms with E-state index in [-0.39, 0.29) is 5.91 Å². The van der Waals surface area contributed by atoms with Gasteiger partial charge in [0.1, 0.15) is 5.82 Å². The summed E-state index contributed by atoms with van der Waals surface area (Å²) in [6.45, 7) is 2.22. The molecule has 6 nitrogen and oxygen atoms in total. The molecule has 1 N–H and O–H groups in total. The number of carbonyl (C=O) groups is 1. The quantitative estimate of drug-likeness (QED) is 0.605. The smallest absolute Gasteiger partial charge is 0.264 e. The van der Waals surface area contributed by atoms with Gasteiger partial charge in [0.2, 0.25) is 0 Å². The van der Waals surface area contributed by atoms with Gasteiger partial charge < -0.3 is 15.1 Å². The van der Waals surface area contributed by atoms with Crippen LogP contribution in [0.25, 0.3) is 10.9 Å². The fourth-order valence-electron chi connectivity index (χ4n) is 2.80. The molecule has 0 unspecified atom stereocenters. The van der Waals surface area contributed by atoms with Crippen molar-refractivity contribution in [3.63, 3.8) is 0 Å². The van der Waals surface area contributed by atoms with Gasteiger partial charge in [-0.2, -0.15) is 0 Å². The van der Waals surface area contributed by atoms with Crippen molar-refractivity contribution in [3.05, 3.63) is 52.5 Å². The molecule has 0 fully saturated rings. The number of hydrogen-bond donors (Lipinski definition) is 1. The molecule has 0 bridgehead atoms. The Bertz CT molecular complexity index is 895. The fourth-order valence-corrected chi connectivity index (χ4v) is 3.52. The zero-order valence-electron chi connectivity index (χ0n) is 16.0. The highest BCUT2D eigenvalue weighted by atomic mass is 32.1. The van der Waals surface area contributed by atoms with Crippen molar-refractivity contribution in [2.45, 2.75) is 13.0 Å². The predicted molar refractivity (Wildman–Crippen MR) is 111 cm³/mol. The lowest BCUT2D eigenvalue weighted by molar-refractivity contribution is 0.0786. The van der Waals surface area contributed by atoms with Gasteiger partial charge in [-0.3, -0.25) is 4.79 Å². The molecule has 0 aliphatic rings. The van der Waals surface area contributed by atoms with Crippen molar-refractivity contribution in [3.8, 4) is 0 Å². The summed E-state index contributed by atoms with van der Waals surface area (Å²) in [5.41, 5.74) is 0.884. The molecule has 0 saturated heterocycles. The minimum atomic E-state index is -0.0118. The van der Waals surface area contributed by atoms with Crippen molar-refractivity contribution >= 4 is 34.0 Å². The minimum absolute atomic E-state index is 0.0118. The molecule has 3 aromatic rings. The first-order chi connectivity index (χ1) is 13.0. The van der Waals surface area contributed by atoms with E-state index in [0.29, 0.717) is 12.4 Å². The number of nitrogens with zero attached hydrogens (tertiary/aromatic N) is 4. The molecule has 2 aromatic heterocycles. The topological polar surface area (TPSA) is 61.4 Å². The third-order valence-electron chi connectivity index (χ3n) is 4.18. The predicted octanol–water partition coefficient (Wildman–Crippen LogP) is 3.33. The van der Waals surface area contributed by atoms with Crippen molar-refractivity contribution < 1.29 is 4.79 Å². The van der Waals surface area contributed by atoms with Crippen LogP contribution in [-0.4, -0.2) is 59.9 Å². The van der Waals surface area contributed by atoms with E-state index in [0.717, 1.165) is 41.1 Å². The molecular weight excluding hydrogens is 358 g/mol. The first kappa shape index (κ1) is 19.3. The van der Waals surface area contributed by atoms with Gasteiger partial charge in [0.15, 0.2) is 5.82 Å². The molecule has 2 heterocycles. The summed E-state index contributed by atoms with van der Waals surface area (Å²) < 4.78 is 0. The third kappa shape index (κ3) is 5.02. The molecule has 0 aliphatic carbocycles. The van der Waals surface area contributed by atoms with Crippen LogP contribution in [0.2, 0.25) is 0 Å². The molecule has 0 radical (unpaired) electrons. The lowest BCUT2D eigenvalue weighted by atomic mass is 10.2. The molecule has 27 heavy (non-hydrogen) atoms. The van der Waals surface area contributed by atoms with Gasteiger partial charge in [-0.25, -0.2) is 9.97 Å². The molecule has 0 spiro atoms. The summed E-state index contributed by atoms with van der Waals surface area (Å²) >= 11 is 1.44. The number of anilines is 1. The number of amides is 1. The molecule has 0 aliphatic heterocycles. The Kier molecular flexibility index (Phi) is 6.36. The summed E-state index contributed by atoms with van der Waals surface area (Å²) in [7, 11) is 5.92. The van der Waals surface area contributed by atoms with Crippen molar-refractivity contribution in [2.75, 3.05) is 39.5 Å². The highest BCUT2D eigenvalue weighted by molar-refractivity contribution is 7.12. The second kappa shape index (κ2) is 8.92. The Morgan fingerprint density at radius 3 is 2.67 bits per heavy atom. The zero-order valence-corrected chi connectivity index (χ0v) is 16.8. The average Bonchev–Trinajstić information content (AvgIpc) is 3.19. The summed E-state index contributed by atoms with van der Waals surface area (Å²) in [6.07, 6.45) is 1.03. The summed E-state index contributed by atoms with van der Waals surface area (Å²) in [5, 5.41) is 6.34. The van der Waals surface area contributed by atoms with E-state index < -0.39 is 0 Å². The van der Waals surface area contributed by atoms with Crippen molar-refractivity contribution in [2.24, 2.45) is 0 Å². The van der Waals surface area contributed by atoms with E-state index in [4.69, 9.17) is 4.98 Å². The Morgan fingerprint density at radius 2 is 1.93 bits per heavy atom. The van der Waals surface area contributed by atoms with Gasteiger partial charge in [-0.1, -0.05) is 18.2 Å². The standard InChI is InChI=1S/C20H25N5OS/c1-24(2)12-7-11-21-19-15-8-4-5-9-16(15)22-18(23-19)14-25(3)20(26)17-10-6-13-27-17/h4-6,8-10,13H,7,11-12,14H2,1-3H3,(H,21,22,23). The third-order valence-corrected chi connectivity index (χ3v) is 5.04. The lowest BCUT2D eigenvalue weighted by Crippen LogP contribution is -2.26. The highest BCUT2D eigenvalue weighted by Crippen LogP contribution is 2.21. The van der Waals surface area contributed by atoms with E-state index in [1.165, 1.54) is 11.3 Å². The minimum Gasteiger partial charge on any atom is -0.369 e. The number of carbonyl (C=O) groups excluding carboxylic acids is 1. The van der Waals surface area contributed by atoms with Gasteiger partial charge in [0.05, 0.1) is 16.9 Å². The monoisotopic (exact) mass is 383 g/mol. The van der Waals surface area contributed by atoms with Crippen LogP contribution in [0.4, 0.5) is 5.82 Å². The van der Waals surface area contributed by atoms with Gasteiger partial charge in [0.25, 0.3) is 5.91 Å². The van der Waals surface area contributed by atoms with E-state index >= 15 is 0 Å². The Balaban J connectivity index is 1.78. The number of fused-ring (bicyclic) bond motifs is 1. The SMILES string of the molecule is CN(C)CCCNc1nc(CN(C)C(=O)c2cccs2)nc2ccccc12. The molecule has 0 saturated carbocycles.